The molecule has 1 aromatic rings. The number of hydrogen-bond donors (Lipinski definition) is 3. The number of aliphatic hydroxyl groups excluding tert-OH is 1. The van der Waals surface area contributed by atoms with Gasteiger partial charge in [0.2, 0.25) is 0 Å². The molecule has 1 amide bonds. The number of carbonyl (C=O) groups is 1. The molecule has 2 bridgehead atoms. The minimum Gasteiger partial charge on any atom is -0.444 e. The standard InChI is InChI=1S/C23H35FN4O3.HI/c1-5-25-21(26-14-20(29)15-6-8-16(24)9-7-15)27-17-12-18-10-11-19(13-17)28(18)22(30)31-23(2,3)4;/h6-9,17-20,29H,5,10-14H2,1-4H3,(H2,25,26,27);1H. The molecule has 2 aliphatic heterocycles. The Morgan fingerprint density at radius 2 is 1.84 bits per heavy atom. The second kappa shape index (κ2) is 11.5. The molecule has 0 saturated carbocycles. The number of nitrogens with zero attached hydrogens (tertiary/aromatic N) is 2. The van der Waals surface area contributed by atoms with Gasteiger partial charge in [0.1, 0.15) is 11.4 Å². The maximum Gasteiger partial charge on any atom is 0.410 e. The summed E-state index contributed by atoms with van der Waals surface area (Å²) in [4.78, 5) is 19.1. The third-order valence-electron chi connectivity index (χ3n) is 5.70. The summed E-state index contributed by atoms with van der Waals surface area (Å²) < 4.78 is 18.7. The van der Waals surface area contributed by atoms with Gasteiger partial charge in [-0.05, 0) is 71.1 Å². The van der Waals surface area contributed by atoms with Crippen LogP contribution < -0.4 is 10.6 Å². The summed E-state index contributed by atoms with van der Waals surface area (Å²) >= 11 is 0. The van der Waals surface area contributed by atoms with Crippen LogP contribution in [0.2, 0.25) is 0 Å². The molecule has 2 heterocycles. The van der Waals surface area contributed by atoms with E-state index in [1.54, 1.807) is 12.1 Å². The van der Waals surface area contributed by atoms with E-state index < -0.39 is 11.7 Å². The maximum atomic E-state index is 13.1. The van der Waals surface area contributed by atoms with Crippen molar-refractivity contribution in [2.24, 2.45) is 4.99 Å². The number of amides is 1. The first-order valence-electron chi connectivity index (χ1n) is 11.2. The Hall–Kier alpha value is -1.62. The first-order valence-corrected chi connectivity index (χ1v) is 11.2. The molecule has 0 radical (unpaired) electrons. The molecule has 3 atom stereocenters. The number of hydrogen-bond acceptors (Lipinski definition) is 4. The monoisotopic (exact) mass is 562 g/mol. The van der Waals surface area contributed by atoms with Crippen molar-refractivity contribution >= 4 is 36.0 Å². The SMILES string of the molecule is CCNC(=NCC(O)c1ccc(F)cc1)NC1CC2CCC(C1)N2C(=O)OC(C)(C)C.I. The highest BCUT2D eigenvalue weighted by molar-refractivity contribution is 14.0. The number of aliphatic hydroxyl groups is 1. The lowest BCUT2D eigenvalue weighted by Gasteiger charge is -2.40. The summed E-state index contributed by atoms with van der Waals surface area (Å²) in [6, 6.07) is 6.33. The molecule has 3 N–H and O–H groups in total. The summed E-state index contributed by atoms with van der Waals surface area (Å²) in [6.07, 6.45) is 2.61. The first-order chi connectivity index (χ1) is 14.7. The van der Waals surface area contributed by atoms with Crippen LogP contribution in [0.3, 0.4) is 0 Å². The number of ether oxygens (including phenoxy) is 1. The van der Waals surface area contributed by atoms with Crippen molar-refractivity contribution in [3.8, 4) is 0 Å². The van der Waals surface area contributed by atoms with Gasteiger partial charge in [0.05, 0.1) is 12.6 Å². The molecule has 0 aromatic heterocycles. The van der Waals surface area contributed by atoms with Crippen molar-refractivity contribution in [2.45, 2.75) is 83.2 Å². The van der Waals surface area contributed by atoms with E-state index in [-0.39, 0.29) is 60.6 Å². The van der Waals surface area contributed by atoms with Gasteiger partial charge in [-0.25, -0.2) is 9.18 Å². The minimum atomic E-state index is -0.804. The van der Waals surface area contributed by atoms with E-state index in [1.807, 2.05) is 32.6 Å². The van der Waals surface area contributed by atoms with Crippen LogP contribution in [0.25, 0.3) is 0 Å². The third kappa shape index (κ3) is 7.19. The van der Waals surface area contributed by atoms with Crippen molar-refractivity contribution in [1.29, 1.82) is 0 Å². The van der Waals surface area contributed by atoms with E-state index in [0.717, 1.165) is 25.7 Å². The highest BCUT2D eigenvalue weighted by atomic mass is 127. The fourth-order valence-corrected chi connectivity index (χ4v) is 4.39. The van der Waals surface area contributed by atoms with Crippen LogP contribution in [0.4, 0.5) is 9.18 Å². The van der Waals surface area contributed by atoms with Crippen LogP contribution >= 0.6 is 24.0 Å². The molecule has 32 heavy (non-hydrogen) atoms. The summed E-state index contributed by atoms with van der Waals surface area (Å²) in [5.41, 5.74) is 0.131. The normalized spacial score (nSPS) is 23.9. The van der Waals surface area contributed by atoms with Crippen molar-refractivity contribution in [3.05, 3.63) is 35.6 Å². The molecule has 2 aliphatic rings. The zero-order valence-corrected chi connectivity index (χ0v) is 21.6. The van der Waals surface area contributed by atoms with Gasteiger partial charge in [-0.1, -0.05) is 12.1 Å². The number of guanidine groups is 1. The van der Waals surface area contributed by atoms with Crippen LogP contribution in [0, 0.1) is 5.82 Å². The van der Waals surface area contributed by atoms with E-state index >= 15 is 0 Å². The summed E-state index contributed by atoms with van der Waals surface area (Å²) in [7, 11) is 0. The fourth-order valence-electron chi connectivity index (χ4n) is 4.39. The predicted octanol–water partition coefficient (Wildman–Crippen LogP) is 3.96. The van der Waals surface area contributed by atoms with Gasteiger partial charge in [0, 0.05) is 24.7 Å². The van der Waals surface area contributed by atoms with E-state index in [1.165, 1.54) is 12.1 Å². The Morgan fingerprint density at radius 3 is 2.38 bits per heavy atom. The van der Waals surface area contributed by atoms with Crippen LogP contribution in [0.5, 0.6) is 0 Å². The summed E-state index contributed by atoms with van der Waals surface area (Å²) in [5.74, 6) is 0.306. The highest BCUT2D eigenvalue weighted by Crippen LogP contribution is 2.36. The largest absolute Gasteiger partial charge is 0.444 e. The molecule has 1 aromatic carbocycles. The molecule has 0 aliphatic carbocycles. The number of rotatable bonds is 5. The van der Waals surface area contributed by atoms with E-state index in [9.17, 15) is 14.3 Å². The molecule has 2 saturated heterocycles. The van der Waals surface area contributed by atoms with Crippen molar-refractivity contribution < 1.29 is 19.0 Å². The number of benzene rings is 1. The average molecular weight is 562 g/mol. The predicted molar refractivity (Wildman–Crippen MR) is 134 cm³/mol. The number of aliphatic imine (C=N–C) groups is 1. The Kier molecular flexibility index (Phi) is 9.56. The molecule has 180 valence electrons. The lowest BCUT2D eigenvalue weighted by atomic mass is 9.98. The lowest BCUT2D eigenvalue weighted by Crippen LogP contribution is -2.55. The van der Waals surface area contributed by atoms with Gasteiger partial charge in [-0.15, -0.1) is 24.0 Å². The second-order valence-electron chi connectivity index (χ2n) is 9.37. The van der Waals surface area contributed by atoms with Gasteiger partial charge in [0.25, 0.3) is 0 Å². The lowest BCUT2D eigenvalue weighted by molar-refractivity contribution is 0.00544. The zero-order chi connectivity index (χ0) is 22.6. The fraction of sp³-hybridized carbons (Fsp3) is 0.652. The van der Waals surface area contributed by atoms with E-state index in [2.05, 4.69) is 15.6 Å². The number of carbonyl (C=O) groups excluding carboxylic acids is 1. The Labute approximate surface area is 207 Å². The molecule has 3 unspecified atom stereocenters. The Bertz CT molecular complexity index is 770. The topological polar surface area (TPSA) is 86.2 Å². The van der Waals surface area contributed by atoms with Crippen molar-refractivity contribution in [2.75, 3.05) is 13.1 Å². The van der Waals surface area contributed by atoms with Crippen molar-refractivity contribution in [3.63, 3.8) is 0 Å². The first kappa shape index (κ1) is 26.6. The zero-order valence-electron chi connectivity index (χ0n) is 19.3. The maximum absolute atomic E-state index is 13.1. The van der Waals surface area contributed by atoms with Gasteiger partial charge < -0.3 is 25.4 Å². The average Bonchev–Trinajstić information content (AvgIpc) is 2.96. The number of nitrogens with one attached hydrogen (secondary N) is 2. The van der Waals surface area contributed by atoms with Gasteiger partial charge in [-0.3, -0.25) is 4.99 Å². The van der Waals surface area contributed by atoms with Crippen LogP contribution in [-0.2, 0) is 4.74 Å². The Balaban J connectivity index is 0.00000363. The summed E-state index contributed by atoms with van der Waals surface area (Å²) in [6.45, 7) is 8.52. The molecule has 3 rings (SSSR count). The van der Waals surface area contributed by atoms with Crippen LogP contribution in [0.15, 0.2) is 29.3 Å². The second-order valence-corrected chi connectivity index (χ2v) is 9.37. The molecular weight excluding hydrogens is 526 g/mol. The minimum absolute atomic E-state index is 0. The van der Waals surface area contributed by atoms with E-state index in [0.29, 0.717) is 18.1 Å². The molecule has 7 nitrogen and oxygen atoms in total. The number of piperidine rings is 1. The van der Waals surface area contributed by atoms with Gasteiger partial charge in [0.15, 0.2) is 5.96 Å². The molecule has 9 heteroatoms. The molecule has 2 fully saturated rings. The van der Waals surface area contributed by atoms with Gasteiger partial charge in [-0.2, -0.15) is 0 Å². The Morgan fingerprint density at radius 1 is 1.25 bits per heavy atom. The van der Waals surface area contributed by atoms with Crippen LogP contribution in [-0.4, -0.2) is 58.9 Å². The molecule has 0 spiro atoms. The van der Waals surface area contributed by atoms with Crippen LogP contribution in [0.1, 0.15) is 65.0 Å². The third-order valence-corrected chi connectivity index (χ3v) is 5.70. The summed E-state index contributed by atoms with van der Waals surface area (Å²) in [5, 5.41) is 17.1. The van der Waals surface area contributed by atoms with Gasteiger partial charge >= 0.3 is 6.09 Å². The number of halogens is 2. The number of fused-ring (bicyclic) bond motifs is 2. The molecular formula is C23H36FIN4O3. The van der Waals surface area contributed by atoms with Crippen molar-refractivity contribution in [1.82, 2.24) is 15.5 Å². The van der Waals surface area contributed by atoms with E-state index in [4.69, 9.17) is 4.74 Å². The quantitative estimate of drug-likeness (QED) is 0.288. The highest BCUT2D eigenvalue weighted by Gasteiger charge is 2.45. The smallest absolute Gasteiger partial charge is 0.410 e.